The van der Waals surface area contributed by atoms with Gasteiger partial charge in [0.25, 0.3) is 0 Å². The molecule has 0 aromatic heterocycles. The van der Waals surface area contributed by atoms with Crippen molar-refractivity contribution in [2.75, 3.05) is 26.2 Å². The zero-order chi connectivity index (χ0) is 9.31. The van der Waals surface area contributed by atoms with Gasteiger partial charge in [0.2, 0.25) is 0 Å². The predicted molar refractivity (Wildman–Crippen MR) is 58.8 cm³/mol. The van der Waals surface area contributed by atoms with Gasteiger partial charge in [0.1, 0.15) is 5.67 Å². The average molecular weight is 223 g/mol. The van der Waals surface area contributed by atoms with Crippen LogP contribution < -0.4 is 5.32 Å². The van der Waals surface area contributed by atoms with Crippen molar-refractivity contribution in [1.82, 2.24) is 10.2 Å². The Balaban J connectivity index is 0.000000980. The molecule has 0 saturated carbocycles. The molecule has 0 radical (unpaired) electrons. The molecule has 2 rings (SSSR count). The van der Waals surface area contributed by atoms with Crippen molar-refractivity contribution in [2.24, 2.45) is 0 Å². The second-order valence-electron chi connectivity index (χ2n) is 4.69. The number of alkyl halides is 1. The van der Waals surface area contributed by atoms with Gasteiger partial charge in [-0.25, -0.2) is 4.39 Å². The molecule has 0 bridgehead atoms. The first-order valence-corrected chi connectivity index (χ1v) is 5.30. The van der Waals surface area contributed by atoms with Gasteiger partial charge in [-0.2, -0.15) is 0 Å². The largest absolute Gasteiger partial charge is 0.313 e. The molecular formula is C10H20ClFN2. The standard InChI is InChI=1S/C10H19FN2.ClH/c1-10(11)4-6-13(8-10)7-9-3-2-5-12-9;/h9,12H,2-8H2,1H3;1H/t9-,10?;/m0./s1. The summed E-state index contributed by atoms with van der Waals surface area (Å²) in [4.78, 5) is 2.25. The highest BCUT2D eigenvalue weighted by atomic mass is 35.5. The van der Waals surface area contributed by atoms with Crippen molar-refractivity contribution >= 4 is 12.4 Å². The highest BCUT2D eigenvalue weighted by molar-refractivity contribution is 5.85. The predicted octanol–water partition coefficient (Wildman–Crippen LogP) is 1.59. The normalized spacial score (nSPS) is 38.6. The quantitative estimate of drug-likeness (QED) is 0.764. The lowest BCUT2D eigenvalue weighted by atomic mass is 10.1. The molecule has 1 unspecified atom stereocenters. The molecule has 2 saturated heterocycles. The van der Waals surface area contributed by atoms with E-state index in [0.29, 0.717) is 19.0 Å². The maximum Gasteiger partial charge on any atom is 0.122 e. The summed E-state index contributed by atoms with van der Waals surface area (Å²) in [5.41, 5.74) is -0.932. The number of nitrogens with zero attached hydrogens (tertiary/aromatic N) is 1. The summed E-state index contributed by atoms with van der Waals surface area (Å²) in [6.07, 6.45) is 3.25. The summed E-state index contributed by atoms with van der Waals surface area (Å²) < 4.78 is 13.5. The van der Waals surface area contributed by atoms with Crippen molar-refractivity contribution in [3.05, 3.63) is 0 Å². The second-order valence-corrected chi connectivity index (χ2v) is 4.69. The van der Waals surface area contributed by atoms with E-state index in [4.69, 9.17) is 0 Å². The molecule has 1 N–H and O–H groups in total. The van der Waals surface area contributed by atoms with Gasteiger partial charge >= 0.3 is 0 Å². The summed E-state index contributed by atoms with van der Waals surface area (Å²) in [6, 6.07) is 0.619. The van der Waals surface area contributed by atoms with E-state index in [0.717, 1.165) is 19.6 Å². The second kappa shape index (κ2) is 4.77. The number of nitrogens with one attached hydrogen (secondary N) is 1. The third kappa shape index (κ3) is 3.07. The van der Waals surface area contributed by atoms with E-state index in [2.05, 4.69) is 10.2 Å². The van der Waals surface area contributed by atoms with E-state index in [1.165, 1.54) is 12.8 Å². The first-order valence-electron chi connectivity index (χ1n) is 5.30. The SMILES string of the molecule is CC1(F)CCN(C[C@@H]2CCCN2)C1.Cl. The fraction of sp³-hybridized carbons (Fsp3) is 1.00. The van der Waals surface area contributed by atoms with Crippen LogP contribution in [0.4, 0.5) is 4.39 Å². The van der Waals surface area contributed by atoms with E-state index in [1.54, 1.807) is 6.92 Å². The Labute approximate surface area is 91.6 Å². The molecule has 2 fully saturated rings. The molecule has 0 aromatic carbocycles. The van der Waals surface area contributed by atoms with Gasteiger partial charge in [0, 0.05) is 25.7 Å². The Bertz CT molecular complexity index is 181. The molecule has 2 nitrogen and oxygen atoms in total. The summed E-state index contributed by atoms with van der Waals surface area (Å²) >= 11 is 0. The van der Waals surface area contributed by atoms with Crippen LogP contribution in [0, 0.1) is 0 Å². The summed E-state index contributed by atoms with van der Waals surface area (Å²) in [6.45, 7) is 5.47. The van der Waals surface area contributed by atoms with E-state index >= 15 is 0 Å². The van der Waals surface area contributed by atoms with Crippen LogP contribution in [0.3, 0.4) is 0 Å². The topological polar surface area (TPSA) is 15.3 Å². The number of rotatable bonds is 2. The van der Waals surface area contributed by atoms with Crippen LogP contribution >= 0.6 is 12.4 Å². The average Bonchev–Trinajstić information content (AvgIpc) is 2.61. The molecular weight excluding hydrogens is 203 g/mol. The van der Waals surface area contributed by atoms with Gasteiger partial charge in [-0.15, -0.1) is 12.4 Å². The lowest BCUT2D eigenvalue weighted by Gasteiger charge is -2.21. The minimum atomic E-state index is -0.932. The van der Waals surface area contributed by atoms with E-state index in [-0.39, 0.29) is 12.4 Å². The van der Waals surface area contributed by atoms with Crippen LogP contribution in [0.1, 0.15) is 26.2 Å². The third-order valence-electron chi connectivity index (χ3n) is 3.14. The van der Waals surface area contributed by atoms with Gasteiger partial charge in [-0.05, 0) is 32.7 Å². The number of halogens is 2. The summed E-state index contributed by atoms with van der Waals surface area (Å²) in [5, 5.41) is 3.45. The molecule has 0 aliphatic carbocycles. The maximum atomic E-state index is 13.5. The zero-order valence-electron chi connectivity index (χ0n) is 8.76. The molecule has 2 heterocycles. The molecule has 2 atom stereocenters. The lowest BCUT2D eigenvalue weighted by Crippen LogP contribution is -2.37. The molecule has 84 valence electrons. The summed E-state index contributed by atoms with van der Waals surface area (Å²) in [5.74, 6) is 0. The number of hydrogen-bond acceptors (Lipinski definition) is 2. The minimum absolute atomic E-state index is 0. The van der Waals surface area contributed by atoms with Gasteiger partial charge in [-0.1, -0.05) is 0 Å². The Morgan fingerprint density at radius 1 is 1.57 bits per heavy atom. The molecule has 0 spiro atoms. The van der Waals surface area contributed by atoms with Gasteiger partial charge in [0.15, 0.2) is 0 Å². The van der Waals surface area contributed by atoms with Gasteiger partial charge in [-0.3, -0.25) is 4.90 Å². The van der Waals surface area contributed by atoms with Crippen molar-refractivity contribution in [3.63, 3.8) is 0 Å². The zero-order valence-corrected chi connectivity index (χ0v) is 9.58. The molecule has 2 aliphatic heterocycles. The Hall–Kier alpha value is 0.140. The smallest absolute Gasteiger partial charge is 0.122 e. The van der Waals surface area contributed by atoms with Crippen LogP contribution in [0.15, 0.2) is 0 Å². The van der Waals surface area contributed by atoms with Gasteiger partial charge < -0.3 is 5.32 Å². The van der Waals surface area contributed by atoms with Crippen molar-refractivity contribution in [2.45, 2.75) is 37.9 Å². The van der Waals surface area contributed by atoms with Crippen molar-refractivity contribution in [3.8, 4) is 0 Å². The number of hydrogen-bond donors (Lipinski definition) is 1. The fourth-order valence-electron chi connectivity index (χ4n) is 2.40. The minimum Gasteiger partial charge on any atom is -0.313 e. The number of likely N-dealkylation sites (tertiary alicyclic amines) is 1. The molecule has 0 amide bonds. The van der Waals surface area contributed by atoms with Crippen LogP contribution in [-0.4, -0.2) is 42.8 Å². The van der Waals surface area contributed by atoms with Crippen LogP contribution in [0.2, 0.25) is 0 Å². The van der Waals surface area contributed by atoms with Crippen molar-refractivity contribution in [1.29, 1.82) is 0 Å². The molecule has 14 heavy (non-hydrogen) atoms. The molecule has 4 heteroatoms. The van der Waals surface area contributed by atoms with E-state index in [9.17, 15) is 4.39 Å². The van der Waals surface area contributed by atoms with E-state index < -0.39 is 5.67 Å². The first-order chi connectivity index (χ1) is 6.16. The lowest BCUT2D eigenvalue weighted by molar-refractivity contribution is 0.184. The Morgan fingerprint density at radius 2 is 2.36 bits per heavy atom. The van der Waals surface area contributed by atoms with Gasteiger partial charge in [0.05, 0.1) is 0 Å². The van der Waals surface area contributed by atoms with E-state index in [1.807, 2.05) is 0 Å². The summed E-state index contributed by atoms with van der Waals surface area (Å²) in [7, 11) is 0. The van der Waals surface area contributed by atoms with Crippen molar-refractivity contribution < 1.29 is 4.39 Å². The highest BCUT2D eigenvalue weighted by Gasteiger charge is 2.34. The molecule has 2 aliphatic rings. The Morgan fingerprint density at radius 3 is 2.86 bits per heavy atom. The van der Waals surface area contributed by atoms with Crippen LogP contribution in [0.25, 0.3) is 0 Å². The van der Waals surface area contributed by atoms with Crippen LogP contribution in [0.5, 0.6) is 0 Å². The Kier molecular flexibility index (Phi) is 4.16. The highest BCUT2D eigenvalue weighted by Crippen LogP contribution is 2.25. The monoisotopic (exact) mass is 222 g/mol. The van der Waals surface area contributed by atoms with Crippen LogP contribution in [-0.2, 0) is 0 Å². The fourth-order valence-corrected chi connectivity index (χ4v) is 2.40. The first kappa shape index (κ1) is 12.2. The molecule has 0 aromatic rings. The third-order valence-corrected chi connectivity index (χ3v) is 3.14. The maximum absolute atomic E-state index is 13.5.